The van der Waals surface area contributed by atoms with Crippen LogP contribution < -0.4 is 9.64 Å². The first kappa shape index (κ1) is 34.3. The minimum atomic E-state index is -0.963. The van der Waals surface area contributed by atoms with Gasteiger partial charge in [-0.1, -0.05) is 13.0 Å². The Hall–Kier alpha value is -4.52. The third-order valence-corrected chi connectivity index (χ3v) is 10.3. The van der Waals surface area contributed by atoms with Crippen LogP contribution >= 0.6 is 0 Å². The number of alkyl halides is 1. The second kappa shape index (κ2) is 13.4. The summed E-state index contributed by atoms with van der Waals surface area (Å²) in [4.78, 5) is 42.9. The summed E-state index contributed by atoms with van der Waals surface area (Å²) >= 11 is 0. The van der Waals surface area contributed by atoms with Crippen LogP contribution in [0.25, 0.3) is 32.9 Å². The lowest BCUT2D eigenvalue weighted by atomic mass is 9.94. The number of carbonyl (C=O) groups is 2. The highest BCUT2D eigenvalue weighted by Gasteiger charge is 2.49. The van der Waals surface area contributed by atoms with Crippen molar-refractivity contribution in [2.75, 3.05) is 38.7 Å². The van der Waals surface area contributed by atoms with E-state index in [4.69, 9.17) is 4.74 Å². The van der Waals surface area contributed by atoms with Crippen LogP contribution in [0.2, 0.25) is 0 Å². The molecule has 4 aromatic rings. The molecule has 2 aliphatic heterocycles. The zero-order chi connectivity index (χ0) is 35.2. The second-order valence-corrected chi connectivity index (χ2v) is 13.3. The number of ether oxygens (including phenoxy) is 1. The van der Waals surface area contributed by atoms with Crippen molar-refractivity contribution >= 4 is 39.3 Å². The first-order chi connectivity index (χ1) is 23.3. The number of benzene rings is 2. The standard InChI is InChI=1S/C36H41F3N6O4/c1-6-25-28(38)10-9-22-14-24(47)15-26(30(22)25)32-31(39)33-27(17-40-32)34(43(4)20(2)8-11-29(48)44(5)21(3)46)42-35(41-33)49-19-36-12-7-13-45(36)18-23(37)16-36/h9-10,14-15,17,20,23,47H,6-8,11-13,16,18-19H2,1-5H3/t20?,23-,36+/m1/s1. The lowest BCUT2D eigenvalue weighted by Gasteiger charge is -2.31. The lowest BCUT2D eigenvalue weighted by molar-refractivity contribution is -0.141. The summed E-state index contributed by atoms with van der Waals surface area (Å²) in [5.74, 6) is -1.78. The summed E-state index contributed by atoms with van der Waals surface area (Å²) in [6.07, 6.45) is 3.26. The van der Waals surface area contributed by atoms with Gasteiger partial charge in [-0.15, -0.1) is 0 Å². The van der Waals surface area contributed by atoms with E-state index in [1.54, 1.807) is 18.9 Å². The number of hydrogen-bond donors (Lipinski definition) is 1. The number of halogens is 3. The average molecular weight is 679 g/mol. The highest BCUT2D eigenvalue weighted by molar-refractivity contribution is 6.02. The molecule has 2 saturated heterocycles. The smallest absolute Gasteiger partial charge is 0.319 e. The molecular weight excluding hydrogens is 637 g/mol. The quantitative estimate of drug-likeness (QED) is 0.217. The summed E-state index contributed by atoms with van der Waals surface area (Å²) in [6.45, 7) is 6.23. The minimum Gasteiger partial charge on any atom is -0.508 e. The van der Waals surface area contributed by atoms with Crippen LogP contribution in [0.4, 0.5) is 19.0 Å². The van der Waals surface area contributed by atoms with Gasteiger partial charge in [0.1, 0.15) is 41.4 Å². The Kier molecular flexibility index (Phi) is 9.40. The third-order valence-electron chi connectivity index (χ3n) is 10.3. The van der Waals surface area contributed by atoms with Crippen molar-refractivity contribution in [2.45, 2.75) is 77.0 Å². The topological polar surface area (TPSA) is 112 Å². The molecule has 0 saturated carbocycles. The first-order valence-corrected chi connectivity index (χ1v) is 16.7. The maximum absolute atomic E-state index is 16.9. The minimum absolute atomic E-state index is 0.0916. The van der Waals surface area contributed by atoms with Crippen molar-refractivity contribution < 1.29 is 32.6 Å². The molecule has 0 bridgehead atoms. The largest absolute Gasteiger partial charge is 0.508 e. The molecule has 2 amide bonds. The van der Waals surface area contributed by atoms with Crippen LogP contribution in [-0.4, -0.2) is 93.2 Å². The Labute approximate surface area is 282 Å². The molecule has 10 nitrogen and oxygen atoms in total. The number of amides is 2. The van der Waals surface area contributed by atoms with Crippen molar-refractivity contribution in [1.82, 2.24) is 24.8 Å². The Bertz CT molecular complexity index is 1940. The highest BCUT2D eigenvalue weighted by atomic mass is 19.1. The van der Waals surface area contributed by atoms with Gasteiger partial charge >= 0.3 is 6.01 Å². The van der Waals surface area contributed by atoms with Gasteiger partial charge in [0.25, 0.3) is 0 Å². The molecule has 49 heavy (non-hydrogen) atoms. The van der Waals surface area contributed by atoms with Gasteiger partial charge in [0.2, 0.25) is 11.8 Å². The van der Waals surface area contributed by atoms with Crippen molar-refractivity contribution in [1.29, 1.82) is 0 Å². The molecule has 0 spiro atoms. The number of phenols is 1. The number of aromatic nitrogens is 3. The van der Waals surface area contributed by atoms with Crippen molar-refractivity contribution in [3.63, 3.8) is 0 Å². The number of hydrogen-bond acceptors (Lipinski definition) is 9. The van der Waals surface area contributed by atoms with Crippen LogP contribution in [-0.2, 0) is 16.0 Å². The number of fused-ring (bicyclic) bond motifs is 3. The predicted molar refractivity (Wildman–Crippen MR) is 180 cm³/mol. The Morgan fingerprint density at radius 2 is 1.98 bits per heavy atom. The molecular formula is C36H41F3N6O4. The van der Waals surface area contributed by atoms with Crippen molar-refractivity contribution in [2.24, 2.45) is 0 Å². The molecule has 13 heteroatoms. The second-order valence-electron chi connectivity index (χ2n) is 13.3. The fraction of sp³-hybridized carbons (Fsp3) is 0.472. The maximum atomic E-state index is 16.9. The monoisotopic (exact) mass is 678 g/mol. The number of rotatable bonds is 10. The fourth-order valence-electron chi connectivity index (χ4n) is 7.30. The van der Waals surface area contributed by atoms with Gasteiger partial charge in [0.05, 0.1) is 10.9 Å². The SMILES string of the molecule is CCc1c(F)ccc2cc(O)cc(-c3ncc4c(N(C)C(C)CCC(=O)N(C)C(C)=O)nc(OC[C@@]56CCCN5C[C@H](F)C6)nc4c3F)c12. The molecule has 1 unspecified atom stereocenters. The molecule has 260 valence electrons. The maximum Gasteiger partial charge on any atom is 0.319 e. The zero-order valence-electron chi connectivity index (χ0n) is 28.4. The Balaban J connectivity index is 1.44. The van der Waals surface area contributed by atoms with E-state index in [0.717, 1.165) is 24.3 Å². The fourth-order valence-corrected chi connectivity index (χ4v) is 7.30. The summed E-state index contributed by atoms with van der Waals surface area (Å²) in [5.41, 5.74) is -0.151. The van der Waals surface area contributed by atoms with E-state index < -0.39 is 23.3 Å². The average Bonchev–Trinajstić information content (AvgIpc) is 3.60. The van der Waals surface area contributed by atoms with Gasteiger partial charge in [-0.25, -0.2) is 13.2 Å². The first-order valence-electron chi connectivity index (χ1n) is 16.7. The normalized spacial score (nSPS) is 19.7. The van der Waals surface area contributed by atoms with Gasteiger partial charge in [0, 0.05) is 58.2 Å². The van der Waals surface area contributed by atoms with Crippen LogP contribution in [0.1, 0.15) is 58.4 Å². The van der Waals surface area contributed by atoms with E-state index >= 15 is 4.39 Å². The number of carbonyl (C=O) groups excluding carboxylic acids is 2. The van der Waals surface area contributed by atoms with Gasteiger partial charge < -0.3 is 14.7 Å². The molecule has 0 aliphatic carbocycles. The van der Waals surface area contributed by atoms with Gasteiger partial charge in [-0.2, -0.15) is 9.97 Å². The molecule has 4 heterocycles. The summed E-state index contributed by atoms with van der Waals surface area (Å²) in [5, 5.41) is 11.8. The molecule has 3 atom stereocenters. The third kappa shape index (κ3) is 6.36. The number of pyridine rings is 1. The number of imide groups is 1. The number of aryl methyl sites for hydroxylation is 1. The number of phenolic OH excluding ortho intramolecular Hbond substituents is 1. The lowest BCUT2D eigenvalue weighted by Crippen LogP contribution is -2.43. The molecule has 2 fully saturated rings. The van der Waals surface area contributed by atoms with Gasteiger partial charge in [-0.05, 0) is 73.7 Å². The summed E-state index contributed by atoms with van der Waals surface area (Å²) < 4.78 is 52.5. The number of aromatic hydroxyl groups is 1. The van der Waals surface area contributed by atoms with E-state index in [0.29, 0.717) is 48.0 Å². The molecule has 6 rings (SSSR count). The van der Waals surface area contributed by atoms with E-state index in [-0.39, 0.29) is 64.8 Å². The predicted octanol–water partition coefficient (Wildman–Crippen LogP) is 5.96. The van der Waals surface area contributed by atoms with E-state index in [1.165, 1.54) is 44.4 Å². The summed E-state index contributed by atoms with van der Waals surface area (Å²) in [6, 6.07) is 5.31. The molecule has 1 N–H and O–H groups in total. The van der Waals surface area contributed by atoms with Crippen molar-refractivity contribution in [3.8, 4) is 23.0 Å². The molecule has 2 aliphatic rings. The van der Waals surface area contributed by atoms with Gasteiger partial charge in [-0.3, -0.25) is 24.4 Å². The molecule has 2 aromatic carbocycles. The molecule has 2 aromatic heterocycles. The van der Waals surface area contributed by atoms with Crippen LogP contribution in [0.5, 0.6) is 11.8 Å². The van der Waals surface area contributed by atoms with Crippen LogP contribution in [0.3, 0.4) is 0 Å². The highest BCUT2D eigenvalue weighted by Crippen LogP contribution is 2.42. The van der Waals surface area contributed by atoms with Crippen molar-refractivity contribution in [3.05, 3.63) is 47.7 Å². The van der Waals surface area contributed by atoms with E-state index in [2.05, 4.69) is 19.9 Å². The van der Waals surface area contributed by atoms with Crippen LogP contribution in [0.15, 0.2) is 30.5 Å². The summed E-state index contributed by atoms with van der Waals surface area (Å²) in [7, 11) is 3.18. The number of nitrogens with zero attached hydrogens (tertiary/aromatic N) is 6. The zero-order valence-corrected chi connectivity index (χ0v) is 28.4. The van der Waals surface area contributed by atoms with Gasteiger partial charge in [0.15, 0.2) is 5.82 Å². The van der Waals surface area contributed by atoms with Crippen LogP contribution in [0, 0.1) is 11.6 Å². The van der Waals surface area contributed by atoms with E-state index in [1.807, 2.05) is 6.92 Å². The Morgan fingerprint density at radius 1 is 1.20 bits per heavy atom. The van der Waals surface area contributed by atoms with E-state index in [9.17, 15) is 23.5 Å². The Morgan fingerprint density at radius 3 is 2.71 bits per heavy atom. The molecule has 0 radical (unpaired) electrons. The number of anilines is 1.